The van der Waals surface area contributed by atoms with Gasteiger partial charge in [-0.2, -0.15) is 0 Å². The Labute approximate surface area is 129 Å². The summed E-state index contributed by atoms with van der Waals surface area (Å²) in [6.45, 7) is 1.05. The highest BCUT2D eigenvalue weighted by Gasteiger charge is 2.16. The highest BCUT2D eigenvalue weighted by atomic mass is 19.1. The molecule has 0 spiro atoms. The number of nitrogen functional groups attached to an aromatic ring is 1. The number of likely N-dealkylation sites (N-methyl/N-ethyl adjacent to an activating group) is 2. The van der Waals surface area contributed by atoms with Crippen molar-refractivity contribution in [3.8, 4) is 0 Å². The number of anilines is 2. The van der Waals surface area contributed by atoms with Crippen LogP contribution in [0.25, 0.3) is 0 Å². The Morgan fingerprint density at radius 3 is 2.64 bits per heavy atom. The van der Waals surface area contributed by atoms with Gasteiger partial charge in [-0.3, -0.25) is 4.79 Å². The van der Waals surface area contributed by atoms with Crippen molar-refractivity contribution in [3.63, 3.8) is 0 Å². The van der Waals surface area contributed by atoms with Crippen LogP contribution in [0.15, 0.2) is 42.6 Å². The van der Waals surface area contributed by atoms with E-state index in [-0.39, 0.29) is 11.5 Å². The molecular weight excluding hydrogens is 283 g/mol. The van der Waals surface area contributed by atoms with Crippen LogP contribution in [0.4, 0.5) is 15.9 Å². The quantitative estimate of drug-likeness (QED) is 0.858. The van der Waals surface area contributed by atoms with Crippen molar-refractivity contribution >= 4 is 17.4 Å². The van der Waals surface area contributed by atoms with Crippen molar-refractivity contribution in [1.29, 1.82) is 0 Å². The maximum Gasteiger partial charge on any atom is 0.256 e. The molecule has 2 aromatic rings. The smallest absolute Gasteiger partial charge is 0.256 e. The van der Waals surface area contributed by atoms with Crippen molar-refractivity contribution in [3.05, 3.63) is 54.0 Å². The lowest BCUT2D eigenvalue weighted by molar-refractivity contribution is 0.0794. The molecule has 0 unspecified atom stereocenters. The number of hydrogen-bond donors (Lipinski definition) is 1. The number of aromatic nitrogens is 1. The predicted octanol–water partition coefficient (Wildman–Crippen LogP) is 2.01. The number of hydrogen-bond acceptors (Lipinski definition) is 4. The zero-order chi connectivity index (χ0) is 16.1. The number of carbonyl (C=O) groups is 1. The molecule has 1 heterocycles. The first kappa shape index (κ1) is 15.8. The monoisotopic (exact) mass is 302 g/mol. The summed E-state index contributed by atoms with van der Waals surface area (Å²) in [6, 6.07) is 9.72. The van der Waals surface area contributed by atoms with Crippen LogP contribution in [0.5, 0.6) is 0 Å². The molecule has 0 aliphatic carbocycles. The highest BCUT2D eigenvalue weighted by Crippen LogP contribution is 2.14. The summed E-state index contributed by atoms with van der Waals surface area (Å²) < 4.78 is 13.8. The van der Waals surface area contributed by atoms with E-state index in [2.05, 4.69) is 4.98 Å². The van der Waals surface area contributed by atoms with Crippen LogP contribution in [0.2, 0.25) is 0 Å². The van der Waals surface area contributed by atoms with Crippen LogP contribution in [0.3, 0.4) is 0 Å². The third-order valence-electron chi connectivity index (χ3n) is 3.38. The first-order valence-electron chi connectivity index (χ1n) is 6.91. The average molecular weight is 302 g/mol. The van der Waals surface area contributed by atoms with Gasteiger partial charge in [-0.25, -0.2) is 9.37 Å². The average Bonchev–Trinajstić information content (AvgIpc) is 2.52. The molecule has 22 heavy (non-hydrogen) atoms. The summed E-state index contributed by atoms with van der Waals surface area (Å²) in [5.41, 5.74) is 5.81. The molecule has 5 nitrogen and oxygen atoms in total. The summed E-state index contributed by atoms with van der Waals surface area (Å²) in [6.07, 6.45) is 1.71. The summed E-state index contributed by atoms with van der Waals surface area (Å²) in [4.78, 5) is 19.9. The summed E-state index contributed by atoms with van der Waals surface area (Å²) in [5.74, 6) is -0.149. The third kappa shape index (κ3) is 3.72. The zero-order valence-electron chi connectivity index (χ0n) is 12.7. The fourth-order valence-electron chi connectivity index (χ4n) is 2.01. The van der Waals surface area contributed by atoms with Crippen LogP contribution in [-0.4, -0.2) is 43.0 Å². The maximum atomic E-state index is 13.8. The minimum absolute atomic E-state index is 0.0252. The number of carbonyl (C=O) groups excluding carboxylic acids is 1. The molecule has 116 valence electrons. The van der Waals surface area contributed by atoms with Gasteiger partial charge in [-0.1, -0.05) is 6.07 Å². The molecule has 0 aliphatic rings. The van der Waals surface area contributed by atoms with Crippen molar-refractivity contribution in [2.45, 2.75) is 0 Å². The van der Waals surface area contributed by atoms with Gasteiger partial charge in [0, 0.05) is 39.1 Å². The SMILES string of the molecule is CN(CCN(C)c1ccccn1)C(=O)c1ccc(N)cc1F. The molecule has 2 rings (SSSR count). The van der Waals surface area contributed by atoms with Gasteiger partial charge in [-0.05, 0) is 30.3 Å². The highest BCUT2D eigenvalue weighted by molar-refractivity contribution is 5.94. The fourth-order valence-corrected chi connectivity index (χ4v) is 2.01. The third-order valence-corrected chi connectivity index (χ3v) is 3.38. The van der Waals surface area contributed by atoms with Gasteiger partial charge in [0.1, 0.15) is 11.6 Å². The normalized spacial score (nSPS) is 10.3. The predicted molar refractivity (Wildman–Crippen MR) is 85.3 cm³/mol. The number of halogens is 1. The molecule has 0 atom stereocenters. The first-order chi connectivity index (χ1) is 10.5. The fraction of sp³-hybridized carbons (Fsp3) is 0.250. The summed E-state index contributed by atoms with van der Waals surface area (Å²) in [7, 11) is 3.54. The van der Waals surface area contributed by atoms with Crippen molar-refractivity contribution in [2.75, 3.05) is 37.8 Å². The minimum atomic E-state index is -0.602. The number of nitrogens with zero attached hydrogens (tertiary/aromatic N) is 3. The second-order valence-corrected chi connectivity index (χ2v) is 5.08. The van der Waals surface area contributed by atoms with E-state index in [9.17, 15) is 9.18 Å². The van der Waals surface area contributed by atoms with E-state index in [1.54, 1.807) is 13.2 Å². The van der Waals surface area contributed by atoms with Crippen LogP contribution in [-0.2, 0) is 0 Å². The number of pyridine rings is 1. The van der Waals surface area contributed by atoms with Crippen LogP contribution < -0.4 is 10.6 Å². The molecule has 0 saturated heterocycles. The topological polar surface area (TPSA) is 62.5 Å². The largest absolute Gasteiger partial charge is 0.399 e. The van der Waals surface area contributed by atoms with Crippen LogP contribution >= 0.6 is 0 Å². The molecule has 0 saturated carbocycles. The number of rotatable bonds is 5. The van der Waals surface area contributed by atoms with Crippen molar-refractivity contribution < 1.29 is 9.18 Å². The number of nitrogens with two attached hydrogens (primary N) is 1. The second-order valence-electron chi connectivity index (χ2n) is 5.08. The van der Waals surface area contributed by atoms with Crippen molar-refractivity contribution in [2.24, 2.45) is 0 Å². The van der Waals surface area contributed by atoms with Gasteiger partial charge in [-0.15, -0.1) is 0 Å². The molecular formula is C16H19FN4O. The number of benzene rings is 1. The summed E-state index contributed by atoms with van der Waals surface area (Å²) in [5, 5.41) is 0. The van der Waals surface area contributed by atoms with E-state index in [1.807, 2.05) is 30.1 Å². The van der Waals surface area contributed by atoms with Gasteiger partial charge in [0.25, 0.3) is 5.91 Å². The molecule has 0 bridgehead atoms. The minimum Gasteiger partial charge on any atom is -0.399 e. The van der Waals surface area contributed by atoms with E-state index < -0.39 is 5.82 Å². The maximum absolute atomic E-state index is 13.8. The lowest BCUT2D eigenvalue weighted by Crippen LogP contribution is -2.35. The Bertz CT molecular complexity index is 648. The molecule has 0 radical (unpaired) electrons. The van der Waals surface area contributed by atoms with Gasteiger partial charge in [0.05, 0.1) is 5.56 Å². The second kappa shape index (κ2) is 6.89. The van der Waals surface area contributed by atoms with E-state index in [4.69, 9.17) is 5.73 Å². The van der Waals surface area contributed by atoms with E-state index >= 15 is 0 Å². The Morgan fingerprint density at radius 2 is 2.00 bits per heavy atom. The first-order valence-corrected chi connectivity index (χ1v) is 6.91. The molecule has 1 aromatic heterocycles. The van der Waals surface area contributed by atoms with Gasteiger partial charge in [0.15, 0.2) is 0 Å². The Kier molecular flexibility index (Phi) is 4.93. The Balaban J connectivity index is 1.97. The van der Waals surface area contributed by atoms with Gasteiger partial charge >= 0.3 is 0 Å². The van der Waals surface area contributed by atoms with Gasteiger partial charge < -0.3 is 15.5 Å². The summed E-state index contributed by atoms with van der Waals surface area (Å²) >= 11 is 0. The van der Waals surface area contributed by atoms with Crippen LogP contribution in [0.1, 0.15) is 10.4 Å². The van der Waals surface area contributed by atoms with Crippen LogP contribution in [0, 0.1) is 5.82 Å². The Hall–Kier alpha value is -2.63. The van der Waals surface area contributed by atoms with E-state index in [0.717, 1.165) is 11.9 Å². The molecule has 0 fully saturated rings. The van der Waals surface area contributed by atoms with E-state index in [1.165, 1.54) is 17.0 Å². The molecule has 1 aromatic carbocycles. The van der Waals surface area contributed by atoms with Crippen molar-refractivity contribution in [1.82, 2.24) is 9.88 Å². The Morgan fingerprint density at radius 1 is 1.23 bits per heavy atom. The van der Waals surface area contributed by atoms with Gasteiger partial charge in [0.2, 0.25) is 0 Å². The van der Waals surface area contributed by atoms with E-state index in [0.29, 0.717) is 18.8 Å². The lowest BCUT2D eigenvalue weighted by atomic mass is 10.1. The molecule has 2 N–H and O–H groups in total. The molecule has 0 aliphatic heterocycles. The lowest BCUT2D eigenvalue weighted by Gasteiger charge is -2.23. The number of amides is 1. The molecule has 1 amide bonds. The zero-order valence-corrected chi connectivity index (χ0v) is 12.7. The standard InChI is InChI=1S/C16H19FN4O/c1-20(15-5-3-4-8-19-15)9-10-21(2)16(22)13-7-6-12(18)11-14(13)17/h3-8,11H,9-10,18H2,1-2H3. The molecule has 6 heteroatoms.